The number of methoxy groups -OCH3 is 2. The molecule has 0 aliphatic heterocycles. The Bertz CT molecular complexity index is 551. The number of hydrogen-bond donors (Lipinski definition) is 0. The van der Waals surface area contributed by atoms with E-state index >= 15 is 0 Å². The zero-order valence-corrected chi connectivity index (χ0v) is 9.15. The molecule has 0 aliphatic rings. The molecule has 0 radical (unpaired) electrons. The van der Waals surface area contributed by atoms with Crippen LogP contribution in [0.5, 0.6) is 11.8 Å². The molecule has 0 bridgehead atoms. The zero-order chi connectivity index (χ0) is 12.3. The summed E-state index contributed by atoms with van der Waals surface area (Å²) >= 11 is 0. The molecule has 0 unspecified atom stereocenters. The summed E-state index contributed by atoms with van der Waals surface area (Å²) in [5, 5.41) is 12.5. The van der Waals surface area contributed by atoms with E-state index in [1.807, 2.05) is 6.07 Å². The molecule has 8 heteroatoms. The van der Waals surface area contributed by atoms with E-state index in [0.29, 0.717) is 11.8 Å². The fourth-order valence-corrected chi connectivity index (χ4v) is 1.11. The average Bonchev–Trinajstić information content (AvgIpc) is 2.86. The molecule has 0 aromatic carbocycles. The molecule has 17 heavy (non-hydrogen) atoms. The second-order valence-electron chi connectivity index (χ2n) is 2.88. The second kappa shape index (κ2) is 4.44. The third-order valence-electron chi connectivity index (χ3n) is 1.88. The lowest BCUT2D eigenvalue weighted by atomic mass is 10.6. The first-order valence-corrected chi connectivity index (χ1v) is 4.56. The molecule has 86 valence electrons. The van der Waals surface area contributed by atoms with Gasteiger partial charge >= 0.3 is 0 Å². The lowest BCUT2D eigenvalue weighted by Crippen LogP contribution is -2.04. The SMILES string of the molecule is COc1cc(OC)nc(-n2cnc(C#N)n2)n1. The Morgan fingerprint density at radius 1 is 1.24 bits per heavy atom. The molecular formula is C9H8N6O2. The van der Waals surface area contributed by atoms with Crippen molar-refractivity contribution in [2.75, 3.05) is 14.2 Å². The minimum Gasteiger partial charge on any atom is -0.481 e. The van der Waals surface area contributed by atoms with Crippen molar-refractivity contribution >= 4 is 0 Å². The minimum absolute atomic E-state index is 0.0374. The molecule has 0 aliphatic carbocycles. The molecule has 2 aromatic heterocycles. The van der Waals surface area contributed by atoms with Crippen molar-refractivity contribution in [3.63, 3.8) is 0 Å². The summed E-state index contributed by atoms with van der Waals surface area (Å²) < 4.78 is 11.3. The van der Waals surface area contributed by atoms with Gasteiger partial charge in [-0.2, -0.15) is 19.9 Å². The first kappa shape index (κ1) is 10.8. The predicted molar refractivity (Wildman–Crippen MR) is 54.8 cm³/mol. The first-order valence-electron chi connectivity index (χ1n) is 4.56. The normalized spacial score (nSPS) is 9.71. The van der Waals surface area contributed by atoms with Crippen LogP contribution in [0.1, 0.15) is 5.82 Å². The molecule has 0 amide bonds. The molecule has 2 rings (SSSR count). The number of hydrogen-bond acceptors (Lipinski definition) is 7. The fraction of sp³-hybridized carbons (Fsp3) is 0.222. The van der Waals surface area contributed by atoms with Crippen LogP contribution in [0.3, 0.4) is 0 Å². The molecule has 2 heterocycles. The lowest BCUT2D eigenvalue weighted by Gasteiger charge is -2.05. The predicted octanol–water partition coefficient (Wildman–Crippen LogP) is -0.0538. The quantitative estimate of drug-likeness (QED) is 0.731. The Labute approximate surface area is 96.5 Å². The van der Waals surface area contributed by atoms with Crippen LogP contribution in [-0.4, -0.2) is 39.0 Å². The summed E-state index contributed by atoms with van der Waals surface area (Å²) in [6.45, 7) is 0. The van der Waals surface area contributed by atoms with Gasteiger partial charge in [-0.15, -0.1) is 5.10 Å². The third-order valence-corrected chi connectivity index (χ3v) is 1.88. The van der Waals surface area contributed by atoms with Gasteiger partial charge in [0.2, 0.25) is 11.8 Å². The van der Waals surface area contributed by atoms with Crippen LogP contribution < -0.4 is 9.47 Å². The first-order chi connectivity index (χ1) is 8.26. The van der Waals surface area contributed by atoms with Gasteiger partial charge < -0.3 is 9.47 Å². The van der Waals surface area contributed by atoms with Gasteiger partial charge in [0.15, 0.2) is 0 Å². The summed E-state index contributed by atoms with van der Waals surface area (Å²) in [5.74, 6) is 0.923. The van der Waals surface area contributed by atoms with Gasteiger partial charge in [-0.25, -0.2) is 4.98 Å². The Morgan fingerprint density at radius 3 is 2.35 bits per heavy atom. The van der Waals surface area contributed by atoms with E-state index in [0.717, 1.165) is 0 Å². The van der Waals surface area contributed by atoms with Gasteiger partial charge in [-0.05, 0) is 0 Å². The molecule has 0 fully saturated rings. The van der Waals surface area contributed by atoms with Crippen LogP contribution in [0.25, 0.3) is 5.95 Å². The maximum absolute atomic E-state index is 8.62. The van der Waals surface area contributed by atoms with E-state index in [1.165, 1.54) is 31.3 Å². The van der Waals surface area contributed by atoms with Crippen LogP contribution >= 0.6 is 0 Å². The van der Waals surface area contributed by atoms with Crippen LogP contribution in [-0.2, 0) is 0 Å². The minimum atomic E-state index is 0.0374. The smallest absolute Gasteiger partial charge is 0.258 e. The van der Waals surface area contributed by atoms with Gasteiger partial charge in [0.25, 0.3) is 11.8 Å². The maximum atomic E-state index is 8.62. The summed E-state index contributed by atoms with van der Waals surface area (Å²) in [7, 11) is 2.96. The van der Waals surface area contributed by atoms with Crippen molar-refractivity contribution in [3.05, 3.63) is 18.2 Å². The number of aromatic nitrogens is 5. The van der Waals surface area contributed by atoms with E-state index in [2.05, 4.69) is 20.1 Å². The lowest BCUT2D eigenvalue weighted by molar-refractivity contribution is 0.369. The summed E-state index contributed by atoms with van der Waals surface area (Å²) in [4.78, 5) is 11.9. The highest BCUT2D eigenvalue weighted by atomic mass is 16.5. The second-order valence-corrected chi connectivity index (χ2v) is 2.88. The molecule has 0 N–H and O–H groups in total. The summed E-state index contributed by atoms with van der Waals surface area (Å²) in [6, 6.07) is 3.35. The van der Waals surface area contributed by atoms with E-state index in [9.17, 15) is 0 Å². The van der Waals surface area contributed by atoms with Crippen LogP contribution in [0.2, 0.25) is 0 Å². The van der Waals surface area contributed by atoms with Crippen LogP contribution in [0.15, 0.2) is 12.4 Å². The Balaban J connectivity index is 2.47. The van der Waals surface area contributed by atoms with Gasteiger partial charge in [0, 0.05) is 0 Å². The monoisotopic (exact) mass is 232 g/mol. The maximum Gasteiger partial charge on any atom is 0.258 e. The Hall–Kier alpha value is -2.69. The summed E-state index contributed by atoms with van der Waals surface area (Å²) in [5.41, 5.74) is 0. The van der Waals surface area contributed by atoms with Crippen molar-refractivity contribution in [3.8, 4) is 23.8 Å². The zero-order valence-electron chi connectivity index (χ0n) is 9.15. The molecule has 0 atom stereocenters. The molecule has 2 aromatic rings. The summed E-state index contributed by atoms with van der Waals surface area (Å²) in [6.07, 6.45) is 1.34. The van der Waals surface area contributed by atoms with Crippen molar-refractivity contribution < 1.29 is 9.47 Å². The third kappa shape index (κ3) is 2.12. The highest BCUT2D eigenvalue weighted by Crippen LogP contribution is 2.16. The van der Waals surface area contributed by atoms with E-state index in [-0.39, 0.29) is 11.8 Å². The molecular weight excluding hydrogens is 224 g/mol. The van der Waals surface area contributed by atoms with Crippen molar-refractivity contribution in [1.29, 1.82) is 5.26 Å². The van der Waals surface area contributed by atoms with E-state index in [4.69, 9.17) is 14.7 Å². The number of nitriles is 1. The molecule has 0 spiro atoms. The van der Waals surface area contributed by atoms with Crippen LogP contribution in [0, 0.1) is 11.3 Å². The van der Waals surface area contributed by atoms with Gasteiger partial charge in [0.1, 0.15) is 12.4 Å². The van der Waals surface area contributed by atoms with E-state index in [1.54, 1.807) is 0 Å². The van der Waals surface area contributed by atoms with Gasteiger partial charge in [-0.1, -0.05) is 0 Å². The largest absolute Gasteiger partial charge is 0.481 e. The Morgan fingerprint density at radius 2 is 1.88 bits per heavy atom. The topological polar surface area (TPSA) is 98.7 Å². The highest BCUT2D eigenvalue weighted by Gasteiger charge is 2.09. The van der Waals surface area contributed by atoms with Crippen LogP contribution in [0.4, 0.5) is 0 Å². The Kier molecular flexibility index (Phi) is 2.83. The van der Waals surface area contributed by atoms with E-state index < -0.39 is 0 Å². The molecule has 0 saturated heterocycles. The number of rotatable bonds is 3. The molecule has 8 nitrogen and oxygen atoms in total. The average molecular weight is 232 g/mol. The van der Waals surface area contributed by atoms with Crippen molar-refractivity contribution in [1.82, 2.24) is 24.7 Å². The van der Waals surface area contributed by atoms with Crippen molar-refractivity contribution in [2.24, 2.45) is 0 Å². The highest BCUT2D eigenvalue weighted by molar-refractivity contribution is 5.26. The van der Waals surface area contributed by atoms with Gasteiger partial charge in [-0.3, -0.25) is 0 Å². The number of nitrogens with zero attached hydrogens (tertiary/aromatic N) is 6. The number of ether oxygens (including phenoxy) is 2. The fourth-order valence-electron chi connectivity index (χ4n) is 1.11. The molecule has 0 saturated carbocycles. The standard InChI is InChI=1S/C9H8N6O2/c1-16-7-3-8(17-2)13-9(12-7)15-5-11-6(4-10)14-15/h3,5H,1-2H3. The van der Waals surface area contributed by atoms with Crippen molar-refractivity contribution in [2.45, 2.75) is 0 Å². The van der Waals surface area contributed by atoms with Gasteiger partial charge in [0.05, 0.1) is 20.3 Å².